The number of carbonyl (C=O) groups is 1. The Labute approximate surface area is 116 Å². The van der Waals surface area contributed by atoms with E-state index in [1.807, 2.05) is 0 Å². The Bertz CT molecular complexity index is 524. The number of pyridine rings is 1. The summed E-state index contributed by atoms with van der Waals surface area (Å²) in [5, 5.41) is 19.5. The number of hydrogen-bond acceptors (Lipinski definition) is 6. The van der Waals surface area contributed by atoms with Crippen molar-refractivity contribution >= 4 is 33.4 Å². The third-order valence-electron chi connectivity index (χ3n) is 2.66. The fourth-order valence-corrected chi connectivity index (χ4v) is 2.33. The number of aromatic nitrogens is 1. The molecule has 0 aliphatic carbocycles. The highest BCUT2D eigenvalue weighted by Crippen LogP contribution is 2.28. The minimum absolute atomic E-state index is 0.126. The largest absolute Gasteiger partial charge is 0.479 e. The Morgan fingerprint density at radius 3 is 3.00 bits per heavy atom. The van der Waals surface area contributed by atoms with Gasteiger partial charge in [-0.2, -0.15) is 0 Å². The fraction of sp³-hybridized carbons (Fsp3) is 0.400. The summed E-state index contributed by atoms with van der Waals surface area (Å²) >= 11 is 3.21. The van der Waals surface area contributed by atoms with Gasteiger partial charge in [0.1, 0.15) is 12.0 Å². The number of carboxylic acids is 1. The number of nitro groups is 1. The lowest BCUT2D eigenvalue weighted by Gasteiger charge is -2.32. The van der Waals surface area contributed by atoms with Crippen molar-refractivity contribution in [2.45, 2.75) is 6.10 Å². The summed E-state index contributed by atoms with van der Waals surface area (Å²) in [5.41, 5.74) is -0.126. The Hall–Kier alpha value is -1.74. The SMILES string of the molecule is O=C(O)C1CN(c2ncc([N+](=O)[O-])cc2Br)CCO1. The highest BCUT2D eigenvalue weighted by atomic mass is 79.9. The molecule has 9 heteroatoms. The predicted octanol–water partition coefficient (Wildman–Crippen LogP) is 1.04. The third kappa shape index (κ3) is 2.99. The van der Waals surface area contributed by atoms with Crippen LogP contribution in [0.5, 0.6) is 0 Å². The standard InChI is InChI=1S/C10H10BrN3O5/c11-7-3-6(14(17)18)4-12-9(7)13-1-2-19-8(5-13)10(15)16/h3-4,8H,1-2,5H2,(H,15,16). The van der Waals surface area contributed by atoms with Crippen LogP contribution in [0, 0.1) is 10.1 Å². The summed E-state index contributed by atoms with van der Waals surface area (Å²) in [6.45, 7) is 0.897. The van der Waals surface area contributed by atoms with Crippen LogP contribution in [0.2, 0.25) is 0 Å². The third-order valence-corrected chi connectivity index (χ3v) is 3.24. The van der Waals surface area contributed by atoms with Crippen molar-refractivity contribution in [2.75, 3.05) is 24.6 Å². The Morgan fingerprint density at radius 2 is 2.42 bits per heavy atom. The summed E-state index contributed by atoms with van der Waals surface area (Å²) < 4.78 is 5.55. The van der Waals surface area contributed by atoms with E-state index in [0.29, 0.717) is 16.8 Å². The molecule has 1 aliphatic heterocycles. The predicted molar refractivity (Wildman–Crippen MR) is 68.2 cm³/mol. The van der Waals surface area contributed by atoms with Gasteiger partial charge < -0.3 is 14.7 Å². The molecule has 19 heavy (non-hydrogen) atoms. The summed E-state index contributed by atoms with van der Waals surface area (Å²) in [5.74, 6) is -0.567. The molecule has 0 saturated carbocycles. The first-order valence-corrected chi connectivity index (χ1v) is 6.17. The summed E-state index contributed by atoms with van der Waals surface area (Å²) in [4.78, 5) is 26.7. The number of carboxylic acid groups (broad SMARTS) is 1. The van der Waals surface area contributed by atoms with Crippen molar-refractivity contribution in [1.82, 2.24) is 4.98 Å². The summed E-state index contributed by atoms with van der Waals surface area (Å²) in [6.07, 6.45) is 0.225. The highest BCUT2D eigenvalue weighted by Gasteiger charge is 2.28. The van der Waals surface area contributed by atoms with Gasteiger partial charge in [0, 0.05) is 12.6 Å². The van der Waals surface area contributed by atoms with Gasteiger partial charge in [0.15, 0.2) is 6.10 Å². The lowest BCUT2D eigenvalue weighted by Crippen LogP contribution is -2.46. The molecule has 1 fully saturated rings. The fourth-order valence-electron chi connectivity index (χ4n) is 1.74. The minimum Gasteiger partial charge on any atom is -0.479 e. The molecule has 1 aliphatic rings. The molecule has 0 aromatic carbocycles. The molecule has 1 atom stereocenters. The first-order valence-electron chi connectivity index (χ1n) is 5.38. The second kappa shape index (κ2) is 5.49. The van der Waals surface area contributed by atoms with Crippen molar-refractivity contribution in [2.24, 2.45) is 0 Å². The molecule has 1 aromatic rings. The van der Waals surface area contributed by atoms with E-state index in [-0.39, 0.29) is 18.8 Å². The first kappa shape index (κ1) is 13.7. The van der Waals surface area contributed by atoms with Crippen LogP contribution in [-0.2, 0) is 9.53 Å². The molecule has 0 bridgehead atoms. The van der Waals surface area contributed by atoms with E-state index in [9.17, 15) is 14.9 Å². The first-order chi connectivity index (χ1) is 8.99. The Balaban J connectivity index is 2.22. The van der Waals surface area contributed by atoms with Gasteiger partial charge in [-0.05, 0) is 15.9 Å². The molecule has 2 rings (SSSR count). The average molecular weight is 332 g/mol. The van der Waals surface area contributed by atoms with Gasteiger partial charge in [-0.3, -0.25) is 10.1 Å². The van der Waals surface area contributed by atoms with Crippen molar-refractivity contribution < 1.29 is 19.6 Å². The number of anilines is 1. The maximum atomic E-state index is 10.9. The maximum absolute atomic E-state index is 10.9. The molecular formula is C10H10BrN3O5. The molecule has 0 amide bonds. The van der Waals surface area contributed by atoms with Gasteiger partial charge >= 0.3 is 5.97 Å². The van der Waals surface area contributed by atoms with E-state index in [1.165, 1.54) is 6.07 Å². The molecule has 1 aromatic heterocycles. The van der Waals surface area contributed by atoms with Crippen LogP contribution in [0.4, 0.5) is 11.5 Å². The number of halogens is 1. The van der Waals surface area contributed by atoms with Gasteiger partial charge in [0.25, 0.3) is 5.69 Å². The van der Waals surface area contributed by atoms with Gasteiger partial charge in [0.2, 0.25) is 0 Å². The molecule has 1 unspecified atom stereocenters. The zero-order valence-electron chi connectivity index (χ0n) is 9.65. The van der Waals surface area contributed by atoms with Crippen LogP contribution in [-0.4, -0.2) is 46.8 Å². The average Bonchev–Trinajstić information content (AvgIpc) is 2.38. The zero-order valence-corrected chi connectivity index (χ0v) is 11.2. The summed E-state index contributed by atoms with van der Waals surface area (Å²) in [6, 6.07) is 1.34. The van der Waals surface area contributed by atoms with E-state index in [2.05, 4.69) is 20.9 Å². The quantitative estimate of drug-likeness (QED) is 0.651. The van der Waals surface area contributed by atoms with Crippen LogP contribution in [0.15, 0.2) is 16.7 Å². The van der Waals surface area contributed by atoms with Crippen LogP contribution in [0.25, 0.3) is 0 Å². The van der Waals surface area contributed by atoms with Crippen LogP contribution >= 0.6 is 15.9 Å². The van der Waals surface area contributed by atoms with Crippen molar-refractivity contribution in [3.63, 3.8) is 0 Å². The topological polar surface area (TPSA) is 106 Å². The molecule has 1 N–H and O–H groups in total. The van der Waals surface area contributed by atoms with Crippen LogP contribution in [0.3, 0.4) is 0 Å². The number of hydrogen-bond donors (Lipinski definition) is 1. The van der Waals surface area contributed by atoms with E-state index >= 15 is 0 Å². The number of rotatable bonds is 3. The Morgan fingerprint density at radius 1 is 1.68 bits per heavy atom. The molecular weight excluding hydrogens is 322 g/mol. The molecule has 8 nitrogen and oxygen atoms in total. The number of ether oxygens (including phenoxy) is 1. The monoisotopic (exact) mass is 331 g/mol. The lowest BCUT2D eigenvalue weighted by molar-refractivity contribution is -0.385. The van der Waals surface area contributed by atoms with E-state index in [0.717, 1.165) is 6.20 Å². The molecule has 2 heterocycles. The Kier molecular flexibility index (Phi) is 3.96. The van der Waals surface area contributed by atoms with E-state index in [4.69, 9.17) is 9.84 Å². The number of nitrogens with zero attached hydrogens (tertiary/aromatic N) is 3. The van der Waals surface area contributed by atoms with Gasteiger partial charge in [0.05, 0.1) is 22.5 Å². The minimum atomic E-state index is -1.04. The van der Waals surface area contributed by atoms with Gasteiger partial charge in [-0.15, -0.1) is 0 Å². The van der Waals surface area contributed by atoms with Crippen LogP contribution < -0.4 is 4.90 Å². The van der Waals surface area contributed by atoms with Crippen molar-refractivity contribution in [3.8, 4) is 0 Å². The van der Waals surface area contributed by atoms with Crippen molar-refractivity contribution in [1.29, 1.82) is 0 Å². The smallest absolute Gasteiger partial charge is 0.334 e. The second-order valence-electron chi connectivity index (χ2n) is 3.90. The van der Waals surface area contributed by atoms with Gasteiger partial charge in [-0.1, -0.05) is 0 Å². The van der Waals surface area contributed by atoms with Gasteiger partial charge in [-0.25, -0.2) is 9.78 Å². The molecule has 0 spiro atoms. The normalized spacial score (nSPS) is 19.2. The lowest BCUT2D eigenvalue weighted by atomic mass is 10.2. The van der Waals surface area contributed by atoms with E-state index < -0.39 is 17.0 Å². The van der Waals surface area contributed by atoms with E-state index in [1.54, 1.807) is 4.90 Å². The zero-order chi connectivity index (χ0) is 14.0. The number of morpholine rings is 1. The maximum Gasteiger partial charge on any atom is 0.334 e. The number of aliphatic carboxylic acids is 1. The van der Waals surface area contributed by atoms with Crippen molar-refractivity contribution in [3.05, 3.63) is 26.9 Å². The summed E-state index contributed by atoms with van der Waals surface area (Å²) in [7, 11) is 0. The highest BCUT2D eigenvalue weighted by molar-refractivity contribution is 9.10. The molecule has 102 valence electrons. The molecule has 1 saturated heterocycles. The van der Waals surface area contributed by atoms with Crippen LogP contribution in [0.1, 0.15) is 0 Å². The molecule has 0 radical (unpaired) electrons. The second-order valence-corrected chi connectivity index (χ2v) is 4.75.